The van der Waals surface area contributed by atoms with Crippen LogP contribution >= 0.6 is 0 Å². The van der Waals surface area contributed by atoms with Crippen molar-refractivity contribution >= 4 is 6.09 Å². The molecule has 0 bridgehead atoms. The van der Waals surface area contributed by atoms with E-state index in [9.17, 15) is 4.79 Å². The molecule has 110 valence electrons. The molecule has 1 aliphatic heterocycles. The third-order valence-electron chi connectivity index (χ3n) is 3.17. The summed E-state index contributed by atoms with van der Waals surface area (Å²) in [4.78, 5) is 16.3. The second-order valence-corrected chi connectivity index (χ2v) is 6.08. The van der Waals surface area contributed by atoms with Crippen molar-refractivity contribution in [1.82, 2.24) is 15.6 Å². The number of carbonyl (C=O) groups excluding carboxylic acids is 1. The number of carbonyl (C=O) groups is 1. The number of hydrogen-bond donors (Lipinski definition) is 2. The minimum atomic E-state index is -0.479. The molecule has 1 saturated heterocycles. The van der Waals surface area contributed by atoms with Crippen LogP contribution in [0.5, 0.6) is 0 Å². The highest BCUT2D eigenvalue weighted by atomic mass is 16.6. The van der Waals surface area contributed by atoms with Crippen molar-refractivity contribution in [2.24, 2.45) is 0 Å². The molecule has 5 heteroatoms. The first kappa shape index (κ1) is 14.8. The lowest BCUT2D eigenvalue weighted by Gasteiger charge is -2.33. The third-order valence-corrected chi connectivity index (χ3v) is 3.17. The van der Waals surface area contributed by atoms with Gasteiger partial charge in [0.25, 0.3) is 0 Å². The van der Waals surface area contributed by atoms with Crippen LogP contribution in [0.3, 0.4) is 0 Å². The molecule has 5 nitrogen and oxygen atoms in total. The maximum absolute atomic E-state index is 11.9. The number of piperidine rings is 1. The molecule has 0 aliphatic carbocycles. The summed E-state index contributed by atoms with van der Waals surface area (Å²) in [6.45, 7) is 6.53. The van der Waals surface area contributed by atoms with Gasteiger partial charge in [-0.2, -0.15) is 0 Å². The van der Waals surface area contributed by atoms with E-state index in [-0.39, 0.29) is 18.2 Å². The Hall–Kier alpha value is -1.62. The molecule has 0 spiro atoms. The normalized spacial score (nSPS) is 23.1. The SMILES string of the molecule is CC(C)(C)OC(=O)N[C@@H]1CCCN[C@H]1c1ccccn1. The van der Waals surface area contributed by atoms with Gasteiger partial charge in [-0.05, 0) is 52.3 Å². The summed E-state index contributed by atoms with van der Waals surface area (Å²) in [7, 11) is 0. The van der Waals surface area contributed by atoms with E-state index in [4.69, 9.17) is 4.74 Å². The van der Waals surface area contributed by atoms with Crippen LogP contribution in [0.4, 0.5) is 4.79 Å². The third kappa shape index (κ3) is 4.20. The Bertz CT molecular complexity index is 442. The van der Waals surface area contributed by atoms with Gasteiger partial charge in [-0.15, -0.1) is 0 Å². The summed E-state index contributed by atoms with van der Waals surface area (Å²) < 4.78 is 5.33. The Labute approximate surface area is 120 Å². The number of rotatable bonds is 2. The Morgan fingerprint density at radius 2 is 2.25 bits per heavy atom. The van der Waals surface area contributed by atoms with Crippen LogP contribution in [0.15, 0.2) is 24.4 Å². The lowest BCUT2D eigenvalue weighted by molar-refractivity contribution is 0.0481. The number of aromatic nitrogens is 1. The van der Waals surface area contributed by atoms with E-state index >= 15 is 0 Å². The van der Waals surface area contributed by atoms with Crippen LogP contribution in [-0.2, 0) is 4.74 Å². The second-order valence-electron chi connectivity index (χ2n) is 6.08. The van der Waals surface area contributed by atoms with Gasteiger partial charge in [-0.1, -0.05) is 6.07 Å². The Morgan fingerprint density at radius 3 is 2.90 bits per heavy atom. The summed E-state index contributed by atoms with van der Waals surface area (Å²) >= 11 is 0. The topological polar surface area (TPSA) is 63.2 Å². The van der Waals surface area contributed by atoms with E-state index in [0.717, 1.165) is 25.1 Å². The number of amides is 1. The van der Waals surface area contributed by atoms with Crippen molar-refractivity contribution in [3.05, 3.63) is 30.1 Å². The molecular weight excluding hydrogens is 254 g/mol. The van der Waals surface area contributed by atoms with Gasteiger partial charge in [0.15, 0.2) is 0 Å². The van der Waals surface area contributed by atoms with Crippen molar-refractivity contribution in [3.8, 4) is 0 Å². The summed E-state index contributed by atoms with van der Waals surface area (Å²) in [5, 5.41) is 6.38. The Morgan fingerprint density at radius 1 is 1.45 bits per heavy atom. The zero-order valence-corrected chi connectivity index (χ0v) is 12.3. The molecule has 2 heterocycles. The van der Waals surface area contributed by atoms with E-state index < -0.39 is 5.60 Å². The van der Waals surface area contributed by atoms with Crippen LogP contribution in [-0.4, -0.2) is 29.3 Å². The first-order valence-corrected chi connectivity index (χ1v) is 7.09. The quantitative estimate of drug-likeness (QED) is 0.871. The molecule has 2 atom stereocenters. The molecule has 1 amide bonds. The highest BCUT2D eigenvalue weighted by Gasteiger charge is 2.29. The summed E-state index contributed by atoms with van der Waals surface area (Å²) in [6.07, 6.45) is 3.36. The molecule has 2 rings (SSSR count). The van der Waals surface area contributed by atoms with Crippen molar-refractivity contribution in [3.63, 3.8) is 0 Å². The predicted octanol–water partition coefficient (Wildman–Crippen LogP) is 2.40. The maximum Gasteiger partial charge on any atom is 0.407 e. The monoisotopic (exact) mass is 277 g/mol. The minimum absolute atomic E-state index is 0.00787. The van der Waals surface area contributed by atoms with Gasteiger partial charge in [0.1, 0.15) is 5.60 Å². The van der Waals surface area contributed by atoms with Gasteiger partial charge >= 0.3 is 6.09 Å². The largest absolute Gasteiger partial charge is 0.444 e. The van der Waals surface area contributed by atoms with Crippen LogP contribution in [0.2, 0.25) is 0 Å². The molecule has 0 saturated carbocycles. The van der Waals surface area contributed by atoms with Gasteiger partial charge in [0, 0.05) is 6.20 Å². The van der Waals surface area contributed by atoms with Gasteiger partial charge in [0.2, 0.25) is 0 Å². The fourth-order valence-electron chi connectivity index (χ4n) is 2.37. The summed E-state index contributed by atoms with van der Waals surface area (Å²) in [6, 6.07) is 5.88. The second kappa shape index (κ2) is 6.22. The van der Waals surface area contributed by atoms with Crippen LogP contribution in [0, 0.1) is 0 Å². The van der Waals surface area contributed by atoms with Gasteiger partial charge < -0.3 is 15.4 Å². The number of hydrogen-bond acceptors (Lipinski definition) is 4. The fraction of sp³-hybridized carbons (Fsp3) is 0.600. The zero-order chi connectivity index (χ0) is 14.6. The van der Waals surface area contributed by atoms with Gasteiger partial charge in [-0.3, -0.25) is 4.98 Å². The fourth-order valence-corrected chi connectivity index (χ4v) is 2.37. The van der Waals surface area contributed by atoms with E-state index in [0.29, 0.717) is 0 Å². The van der Waals surface area contributed by atoms with Crippen molar-refractivity contribution in [2.45, 2.75) is 51.3 Å². The standard InChI is InChI=1S/C15H23N3O2/c1-15(2,3)20-14(19)18-12-8-6-10-17-13(12)11-7-4-5-9-16-11/h4-5,7,9,12-13,17H,6,8,10H2,1-3H3,(H,18,19)/t12-,13+/m1/s1. The maximum atomic E-state index is 11.9. The molecule has 20 heavy (non-hydrogen) atoms. The molecule has 1 aromatic heterocycles. The summed E-state index contributed by atoms with van der Waals surface area (Å²) in [5.74, 6) is 0. The molecule has 1 fully saturated rings. The van der Waals surface area contributed by atoms with Gasteiger partial charge in [-0.25, -0.2) is 4.79 Å². The van der Waals surface area contributed by atoms with E-state index in [2.05, 4.69) is 15.6 Å². The smallest absolute Gasteiger partial charge is 0.407 e. The lowest BCUT2D eigenvalue weighted by Crippen LogP contribution is -2.49. The van der Waals surface area contributed by atoms with Crippen molar-refractivity contribution < 1.29 is 9.53 Å². The predicted molar refractivity (Wildman–Crippen MR) is 77.4 cm³/mol. The molecule has 0 radical (unpaired) electrons. The number of pyridine rings is 1. The van der Waals surface area contributed by atoms with E-state index in [1.54, 1.807) is 6.20 Å². The van der Waals surface area contributed by atoms with Gasteiger partial charge in [0.05, 0.1) is 17.8 Å². The van der Waals surface area contributed by atoms with E-state index in [1.807, 2.05) is 39.0 Å². The zero-order valence-electron chi connectivity index (χ0n) is 12.3. The number of alkyl carbamates (subject to hydrolysis) is 1. The molecule has 1 aliphatic rings. The molecule has 2 N–H and O–H groups in total. The van der Waals surface area contributed by atoms with Crippen molar-refractivity contribution in [2.75, 3.05) is 6.54 Å². The average Bonchev–Trinajstić information content (AvgIpc) is 2.38. The molecule has 1 aromatic rings. The number of ether oxygens (including phenoxy) is 1. The molecule has 0 aromatic carbocycles. The average molecular weight is 277 g/mol. The van der Waals surface area contributed by atoms with Crippen LogP contribution in [0.1, 0.15) is 45.3 Å². The number of nitrogens with zero attached hydrogens (tertiary/aromatic N) is 1. The minimum Gasteiger partial charge on any atom is -0.444 e. The van der Waals surface area contributed by atoms with Crippen LogP contribution < -0.4 is 10.6 Å². The summed E-state index contributed by atoms with van der Waals surface area (Å²) in [5.41, 5.74) is 0.473. The molecule has 0 unspecified atom stereocenters. The first-order valence-electron chi connectivity index (χ1n) is 7.09. The first-order chi connectivity index (χ1) is 9.46. The Balaban J connectivity index is 2.03. The highest BCUT2D eigenvalue weighted by Crippen LogP contribution is 2.22. The van der Waals surface area contributed by atoms with E-state index in [1.165, 1.54) is 0 Å². The lowest BCUT2D eigenvalue weighted by atomic mass is 9.95. The highest BCUT2D eigenvalue weighted by molar-refractivity contribution is 5.68. The van der Waals surface area contributed by atoms with Crippen LogP contribution in [0.25, 0.3) is 0 Å². The molecular formula is C15H23N3O2. The van der Waals surface area contributed by atoms with Crippen molar-refractivity contribution in [1.29, 1.82) is 0 Å². The number of nitrogens with one attached hydrogen (secondary N) is 2. The Kier molecular flexibility index (Phi) is 4.60.